The van der Waals surface area contributed by atoms with E-state index in [2.05, 4.69) is 10.6 Å². The molecule has 3 aromatic carbocycles. The number of hydrogen-bond donors (Lipinski definition) is 2. The van der Waals surface area contributed by atoms with Gasteiger partial charge in [-0.05, 0) is 54.1 Å². The molecule has 0 radical (unpaired) electrons. The standard InChI is InChI=1S/C21H18Cl2N2O/c22-16-6-10-18(11-7-16)24-20(15-4-2-1-3-5-15)14-21(26)25-19-12-8-17(23)9-13-19/h1-13,20,24H,14H2,(H,25,26). The lowest BCUT2D eigenvalue weighted by Crippen LogP contribution is -2.20. The molecule has 26 heavy (non-hydrogen) atoms. The fourth-order valence-corrected chi connectivity index (χ4v) is 2.87. The summed E-state index contributed by atoms with van der Waals surface area (Å²) in [5.41, 5.74) is 2.66. The Hall–Kier alpha value is -2.49. The van der Waals surface area contributed by atoms with Crippen LogP contribution in [-0.2, 0) is 4.79 Å². The van der Waals surface area contributed by atoms with Crippen LogP contribution >= 0.6 is 23.2 Å². The summed E-state index contributed by atoms with van der Waals surface area (Å²) in [5.74, 6) is -0.0809. The fraction of sp³-hybridized carbons (Fsp3) is 0.0952. The molecule has 0 aliphatic rings. The third-order valence-electron chi connectivity index (χ3n) is 3.90. The predicted octanol–water partition coefficient (Wildman–Crippen LogP) is 6.18. The van der Waals surface area contributed by atoms with Gasteiger partial charge in [0.25, 0.3) is 0 Å². The summed E-state index contributed by atoms with van der Waals surface area (Å²) in [6, 6.07) is 24.2. The second kappa shape index (κ2) is 8.75. The first-order valence-corrected chi connectivity index (χ1v) is 8.98. The molecule has 0 bridgehead atoms. The number of halogens is 2. The Balaban J connectivity index is 1.73. The first-order chi connectivity index (χ1) is 12.6. The second-order valence-electron chi connectivity index (χ2n) is 5.87. The molecule has 2 N–H and O–H groups in total. The molecule has 3 nitrogen and oxygen atoms in total. The van der Waals surface area contributed by atoms with Crippen molar-refractivity contribution in [1.82, 2.24) is 0 Å². The van der Waals surface area contributed by atoms with Gasteiger partial charge in [-0.3, -0.25) is 4.79 Å². The molecule has 1 amide bonds. The van der Waals surface area contributed by atoms with Crippen molar-refractivity contribution in [2.75, 3.05) is 10.6 Å². The van der Waals surface area contributed by atoms with E-state index in [1.165, 1.54) is 0 Å². The summed E-state index contributed by atoms with van der Waals surface area (Å²) >= 11 is 11.8. The number of carbonyl (C=O) groups is 1. The summed E-state index contributed by atoms with van der Waals surface area (Å²) in [5, 5.41) is 7.62. The van der Waals surface area contributed by atoms with Crippen molar-refractivity contribution in [1.29, 1.82) is 0 Å². The lowest BCUT2D eigenvalue weighted by molar-refractivity contribution is -0.116. The lowest BCUT2D eigenvalue weighted by Gasteiger charge is -2.20. The van der Waals surface area contributed by atoms with Crippen LogP contribution in [0.1, 0.15) is 18.0 Å². The third-order valence-corrected chi connectivity index (χ3v) is 4.41. The smallest absolute Gasteiger partial charge is 0.226 e. The Kier molecular flexibility index (Phi) is 6.16. The summed E-state index contributed by atoms with van der Waals surface area (Å²) in [7, 11) is 0. The Bertz CT molecular complexity index is 849. The maximum atomic E-state index is 12.5. The van der Waals surface area contributed by atoms with Crippen LogP contribution in [0.25, 0.3) is 0 Å². The topological polar surface area (TPSA) is 41.1 Å². The molecule has 132 valence electrons. The highest BCUT2D eigenvalue weighted by atomic mass is 35.5. The van der Waals surface area contributed by atoms with Crippen molar-refractivity contribution in [3.63, 3.8) is 0 Å². The summed E-state index contributed by atoms with van der Waals surface area (Å²) < 4.78 is 0. The average molecular weight is 385 g/mol. The Labute approximate surface area is 163 Å². The van der Waals surface area contributed by atoms with E-state index in [1.54, 1.807) is 24.3 Å². The molecule has 0 aromatic heterocycles. The van der Waals surface area contributed by atoms with Gasteiger partial charge in [-0.1, -0.05) is 53.5 Å². The normalized spacial score (nSPS) is 11.6. The molecule has 0 fully saturated rings. The zero-order valence-corrected chi connectivity index (χ0v) is 15.5. The summed E-state index contributed by atoms with van der Waals surface area (Å²) in [6.07, 6.45) is 0.287. The van der Waals surface area contributed by atoms with Crippen LogP contribution < -0.4 is 10.6 Å². The van der Waals surface area contributed by atoms with Gasteiger partial charge in [-0.25, -0.2) is 0 Å². The molecule has 5 heteroatoms. The van der Waals surface area contributed by atoms with E-state index >= 15 is 0 Å². The molecule has 1 atom stereocenters. The van der Waals surface area contributed by atoms with Crippen LogP contribution in [0, 0.1) is 0 Å². The zero-order chi connectivity index (χ0) is 18.4. The predicted molar refractivity (Wildman–Crippen MR) is 109 cm³/mol. The number of benzene rings is 3. The van der Waals surface area contributed by atoms with Gasteiger partial charge in [0, 0.05) is 21.4 Å². The minimum absolute atomic E-state index is 0.0809. The molecular formula is C21H18Cl2N2O. The van der Waals surface area contributed by atoms with Crippen molar-refractivity contribution < 1.29 is 4.79 Å². The largest absolute Gasteiger partial charge is 0.378 e. The number of amides is 1. The highest BCUT2D eigenvalue weighted by Crippen LogP contribution is 2.24. The maximum absolute atomic E-state index is 12.5. The Morgan fingerprint density at radius 2 is 1.31 bits per heavy atom. The first kappa shape index (κ1) is 18.3. The van der Waals surface area contributed by atoms with Gasteiger partial charge < -0.3 is 10.6 Å². The summed E-state index contributed by atoms with van der Waals surface area (Å²) in [6.45, 7) is 0. The zero-order valence-electron chi connectivity index (χ0n) is 14.0. The third kappa shape index (κ3) is 5.25. The first-order valence-electron chi connectivity index (χ1n) is 8.22. The molecule has 3 aromatic rings. The minimum atomic E-state index is -0.162. The maximum Gasteiger partial charge on any atom is 0.226 e. The highest BCUT2D eigenvalue weighted by Gasteiger charge is 2.16. The van der Waals surface area contributed by atoms with E-state index in [9.17, 15) is 4.79 Å². The van der Waals surface area contributed by atoms with E-state index in [1.807, 2.05) is 54.6 Å². The lowest BCUT2D eigenvalue weighted by atomic mass is 10.0. The van der Waals surface area contributed by atoms with Crippen molar-refractivity contribution >= 4 is 40.5 Å². The highest BCUT2D eigenvalue weighted by molar-refractivity contribution is 6.30. The van der Waals surface area contributed by atoms with Crippen LogP contribution in [-0.4, -0.2) is 5.91 Å². The van der Waals surface area contributed by atoms with Crippen molar-refractivity contribution in [2.24, 2.45) is 0 Å². The number of nitrogens with one attached hydrogen (secondary N) is 2. The Morgan fingerprint density at radius 3 is 1.88 bits per heavy atom. The van der Waals surface area contributed by atoms with Crippen molar-refractivity contribution in [3.05, 3.63) is 94.5 Å². The number of carbonyl (C=O) groups excluding carboxylic acids is 1. The Morgan fingerprint density at radius 1 is 0.769 bits per heavy atom. The van der Waals surface area contributed by atoms with E-state index in [0.29, 0.717) is 10.0 Å². The van der Waals surface area contributed by atoms with Gasteiger partial charge >= 0.3 is 0 Å². The van der Waals surface area contributed by atoms with E-state index in [-0.39, 0.29) is 18.4 Å². The minimum Gasteiger partial charge on any atom is -0.378 e. The van der Waals surface area contributed by atoms with E-state index < -0.39 is 0 Å². The molecule has 0 saturated heterocycles. The average Bonchev–Trinajstić information content (AvgIpc) is 2.65. The molecule has 3 rings (SSSR count). The van der Waals surface area contributed by atoms with Gasteiger partial charge in [0.2, 0.25) is 5.91 Å². The van der Waals surface area contributed by atoms with Crippen molar-refractivity contribution in [3.8, 4) is 0 Å². The fourth-order valence-electron chi connectivity index (χ4n) is 2.62. The number of rotatable bonds is 6. The van der Waals surface area contributed by atoms with Gasteiger partial charge in [-0.15, -0.1) is 0 Å². The van der Waals surface area contributed by atoms with Crippen LogP contribution in [0.5, 0.6) is 0 Å². The quantitative estimate of drug-likeness (QED) is 0.532. The molecule has 0 spiro atoms. The van der Waals surface area contributed by atoms with Crippen LogP contribution in [0.3, 0.4) is 0 Å². The molecule has 0 heterocycles. The molecule has 1 unspecified atom stereocenters. The van der Waals surface area contributed by atoms with Crippen molar-refractivity contribution in [2.45, 2.75) is 12.5 Å². The van der Waals surface area contributed by atoms with Gasteiger partial charge in [-0.2, -0.15) is 0 Å². The summed E-state index contributed by atoms with van der Waals surface area (Å²) in [4.78, 5) is 12.5. The SMILES string of the molecule is O=C(CC(Nc1ccc(Cl)cc1)c1ccccc1)Nc1ccc(Cl)cc1. The van der Waals surface area contributed by atoms with E-state index in [0.717, 1.165) is 16.9 Å². The molecule has 0 aliphatic heterocycles. The molecule has 0 aliphatic carbocycles. The van der Waals surface area contributed by atoms with Crippen LogP contribution in [0.4, 0.5) is 11.4 Å². The van der Waals surface area contributed by atoms with Gasteiger partial charge in [0.1, 0.15) is 0 Å². The van der Waals surface area contributed by atoms with Crippen LogP contribution in [0.2, 0.25) is 10.0 Å². The molecular weight excluding hydrogens is 367 g/mol. The van der Waals surface area contributed by atoms with Gasteiger partial charge in [0.15, 0.2) is 0 Å². The number of hydrogen-bond acceptors (Lipinski definition) is 2. The van der Waals surface area contributed by atoms with Crippen LogP contribution in [0.15, 0.2) is 78.9 Å². The monoisotopic (exact) mass is 384 g/mol. The molecule has 0 saturated carbocycles. The second-order valence-corrected chi connectivity index (χ2v) is 6.75. The van der Waals surface area contributed by atoms with E-state index in [4.69, 9.17) is 23.2 Å². The van der Waals surface area contributed by atoms with Gasteiger partial charge in [0.05, 0.1) is 12.5 Å². The number of anilines is 2.